The van der Waals surface area contributed by atoms with Gasteiger partial charge in [0, 0.05) is 0 Å². The van der Waals surface area contributed by atoms with E-state index in [0.717, 1.165) is 0 Å². The van der Waals surface area contributed by atoms with Crippen molar-refractivity contribution in [1.29, 1.82) is 0 Å². The molecule has 3 heteroatoms. The summed E-state index contributed by atoms with van der Waals surface area (Å²) in [5.41, 5.74) is 0. The number of rotatable bonds is 0. The molecule has 2 nitrogen and oxygen atoms in total. The van der Waals surface area contributed by atoms with E-state index in [1.807, 2.05) is 0 Å². The van der Waals surface area contributed by atoms with Crippen LogP contribution in [0.2, 0.25) is 0 Å². The molecule has 0 rings (SSSR count). The summed E-state index contributed by atoms with van der Waals surface area (Å²) < 4.78 is 2.94. The van der Waals surface area contributed by atoms with Gasteiger partial charge in [0.15, 0.2) is 0 Å². The molecule has 0 aliphatic carbocycles. The molecule has 0 amide bonds. The molecule has 0 aromatic rings. The third kappa shape index (κ3) is 3.81. The van der Waals surface area contributed by atoms with Gasteiger partial charge in [-0.05, 0) is 0 Å². The Balaban J connectivity index is 4.38. The Bertz CT molecular complexity index is 99.6. The Labute approximate surface area is 35.8 Å². The molecule has 0 radical (unpaired) electrons. The summed E-state index contributed by atoms with van der Waals surface area (Å²) in [5.74, 6) is 0. The van der Waals surface area contributed by atoms with Crippen LogP contribution in [0.15, 0.2) is 0 Å². The zero-order chi connectivity index (χ0) is 4.12. The molecule has 0 saturated heterocycles. The van der Waals surface area contributed by atoms with Crippen LogP contribution < -0.4 is 0 Å². The van der Waals surface area contributed by atoms with Crippen molar-refractivity contribution in [2.24, 2.45) is 0 Å². The van der Waals surface area contributed by atoms with Crippen molar-refractivity contribution in [2.45, 2.75) is 0 Å². The fourth-order valence-corrected chi connectivity index (χ4v) is 0.114. The van der Waals surface area contributed by atoms with E-state index in [2.05, 4.69) is 0 Å². The van der Waals surface area contributed by atoms with Crippen molar-refractivity contribution >= 4 is 8.79 Å². The molecule has 0 aliphatic rings. The maximum atomic E-state index is 9.07. The summed E-state index contributed by atoms with van der Waals surface area (Å²) >= 11 is -1.08. The first-order valence-electron chi connectivity index (χ1n) is 0.742. The first-order chi connectivity index (χ1) is 2.41. The second-order valence-electron chi connectivity index (χ2n) is 0.219. The molecule has 0 aromatic heterocycles. The molecule has 0 unspecified atom stereocenters. The Morgan fingerprint density at radius 1 is 1.20 bits per heavy atom. The quantitative estimate of drug-likeness (QED) is 0.562. The van der Waals surface area contributed by atoms with Gasteiger partial charge in [0.25, 0.3) is 0 Å². The monoisotopic (exact) mass is 249 g/mol. The van der Waals surface area contributed by atoms with Crippen LogP contribution in [0.5, 0.6) is 0 Å². The van der Waals surface area contributed by atoms with Crippen LogP contribution in [-0.2, 0) is 26.4 Å². The van der Waals surface area contributed by atoms with Gasteiger partial charge in [0.05, 0.1) is 0 Å². The van der Waals surface area contributed by atoms with Gasteiger partial charge in [-0.15, -0.1) is 0 Å². The van der Waals surface area contributed by atoms with Crippen molar-refractivity contribution in [1.82, 2.24) is 0 Å². The summed E-state index contributed by atoms with van der Waals surface area (Å²) in [7, 11) is 0. The third-order valence-corrected chi connectivity index (χ3v) is 0.557. The second-order valence-corrected chi connectivity index (χ2v) is 1.80. The van der Waals surface area contributed by atoms with Crippen LogP contribution in [0.3, 0.4) is 0 Å². The Hall–Kier alpha value is -0.191. The van der Waals surface area contributed by atoms with Crippen molar-refractivity contribution in [3.05, 3.63) is 0 Å². The average Bonchev–Trinajstić information content (AvgIpc) is 1.41. The molecule has 0 fully saturated rings. The molecule has 0 aromatic carbocycles. The van der Waals surface area contributed by atoms with Gasteiger partial charge in [-0.25, -0.2) is 0 Å². The molecule has 0 N–H and O–H groups in total. The van der Waals surface area contributed by atoms with Crippen molar-refractivity contribution in [3.63, 3.8) is 0 Å². The summed E-state index contributed by atoms with van der Waals surface area (Å²) in [6, 6.07) is 0. The Morgan fingerprint density at radius 2 is 1.60 bits per heavy atom. The Kier molecular flexibility index (Phi) is 3.66. The first kappa shape index (κ1) is 4.81. The molecule has 0 bridgehead atoms. The predicted octanol–water partition coefficient (Wildman–Crippen LogP) is -0.797. The van der Waals surface area contributed by atoms with E-state index in [9.17, 15) is 0 Å². The van der Waals surface area contributed by atoms with Gasteiger partial charge >= 0.3 is 35.2 Å². The number of carbonyl (C=O) groups excluding carboxylic acids is 2. The molecule has 0 heterocycles. The van der Waals surface area contributed by atoms with E-state index in [4.69, 9.17) is 9.59 Å². The minimum atomic E-state index is -1.08. The number of hydrogen-bond donors (Lipinski definition) is 0. The first-order valence-corrected chi connectivity index (χ1v) is 3.14. The van der Waals surface area contributed by atoms with Gasteiger partial charge in [-0.3, -0.25) is 0 Å². The molecular formula is C2IrO2. The summed E-state index contributed by atoms with van der Waals surface area (Å²) in [6.07, 6.45) is 0. The molecule has 0 atom stereocenters. The topological polar surface area (TPSA) is 34.1 Å². The molecule has 0 spiro atoms. The van der Waals surface area contributed by atoms with Crippen molar-refractivity contribution < 1.29 is 26.4 Å². The van der Waals surface area contributed by atoms with Crippen LogP contribution in [0.4, 0.5) is 0 Å². The second kappa shape index (κ2) is 3.81. The van der Waals surface area contributed by atoms with Crippen LogP contribution in [0.1, 0.15) is 0 Å². The number of hydrogen-bond acceptors (Lipinski definition) is 2. The SMILES string of the molecule is O=[C]=[Ir]=[C]=O. The molecule has 5 heavy (non-hydrogen) atoms. The predicted molar refractivity (Wildman–Crippen MR) is 11.4 cm³/mol. The molecule has 0 aliphatic heterocycles. The zero-order valence-electron chi connectivity index (χ0n) is 2.15. The third-order valence-electron chi connectivity index (χ3n) is 0.0680. The van der Waals surface area contributed by atoms with Gasteiger partial charge < -0.3 is 0 Å². The standard InChI is InChI=1S/2CO.Ir/c2*1-2;. The summed E-state index contributed by atoms with van der Waals surface area (Å²) in [4.78, 5) is 18.1. The van der Waals surface area contributed by atoms with Gasteiger partial charge in [-0.1, -0.05) is 0 Å². The fourth-order valence-electron chi connectivity index (χ4n) is 0.0139. The van der Waals surface area contributed by atoms with E-state index < -0.39 is 16.8 Å². The van der Waals surface area contributed by atoms with E-state index in [0.29, 0.717) is 0 Å². The van der Waals surface area contributed by atoms with E-state index in [1.54, 1.807) is 0 Å². The normalized spacial score (nSPS) is 4.80. The van der Waals surface area contributed by atoms with Crippen LogP contribution in [0.25, 0.3) is 0 Å². The molecular weight excluding hydrogens is 248 g/mol. The Morgan fingerprint density at radius 3 is 1.60 bits per heavy atom. The molecule has 0 saturated carbocycles. The van der Waals surface area contributed by atoms with E-state index >= 15 is 0 Å². The summed E-state index contributed by atoms with van der Waals surface area (Å²) in [6.45, 7) is 0. The zero-order valence-corrected chi connectivity index (χ0v) is 4.54. The van der Waals surface area contributed by atoms with Crippen LogP contribution >= 0.6 is 0 Å². The van der Waals surface area contributed by atoms with Crippen LogP contribution in [0, 0.1) is 0 Å². The maximum absolute atomic E-state index is 9.07. The fraction of sp³-hybridized carbons (Fsp3) is 0. The van der Waals surface area contributed by atoms with Gasteiger partial charge in [-0.2, -0.15) is 0 Å². The van der Waals surface area contributed by atoms with Crippen molar-refractivity contribution in [3.8, 4) is 0 Å². The van der Waals surface area contributed by atoms with E-state index in [-0.39, 0.29) is 0 Å². The van der Waals surface area contributed by atoms with Crippen LogP contribution in [-0.4, -0.2) is 8.79 Å². The average molecular weight is 248 g/mol. The summed E-state index contributed by atoms with van der Waals surface area (Å²) in [5, 5.41) is 0. The van der Waals surface area contributed by atoms with Crippen molar-refractivity contribution in [2.75, 3.05) is 0 Å². The van der Waals surface area contributed by atoms with Gasteiger partial charge in [0.2, 0.25) is 0 Å². The molecule has 29 valence electrons. The van der Waals surface area contributed by atoms with Gasteiger partial charge in [0.1, 0.15) is 0 Å². The minimum absolute atomic E-state index is 1.08. The van der Waals surface area contributed by atoms with E-state index in [1.165, 1.54) is 8.79 Å².